The molecule has 0 saturated carbocycles. The van der Waals surface area contributed by atoms with Gasteiger partial charge in [-0.3, -0.25) is 4.79 Å². The van der Waals surface area contributed by atoms with Crippen molar-refractivity contribution in [2.75, 3.05) is 5.32 Å². The summed E-state index contributed by atoms with van der Waals surface area (Å²) in [4.78, 5) is 13.1. The molecular weight excluding hydrogens is 437 g/mol. The van der Waals surface area contributed by atoms with Crippen LogP contribution in [0.2, 0.25) is 0 Å². The molecule has 3 aromatic rings. The van der Waals surface area contributed by atoms with Gasteiger partial charge in [0.25, 0.3) is 0 Å². The van der Waals surface area contributed by atoms with Gasteiger partial charge in [0, 0.05) is 12.6 Å². The van der Waals surface area contributed by atoms with E-state index in [1.807, 2.05) is 6.07 Å². The number of hydrogen-bond acceptors (Lipinski definition) is 5. The summed E-state index contributed by atoms with van der Waals surface area (Å²) in [6, 6.07) is 16.4. The largest absolute Gasteiger partial charge is 0.595 e. The minimum Gasteiger partial charge on any atom is -0.595 e. The Labute approximate surface area is 184 Å². The SMILES string of the molecule is O=C(Nc1ccccc1[NH+]([O-])O)[C@@H]1Cc2ccccc2CN1S(=O)(=O)c1ccc(F)cc1. The van der Waals surface area contributed by atoms with Crippen LogP contribution in [0.25, 0.3) is 0 Å². The summed E-state index contributed by atoms with van der Waals surface area (Å²) in [6.07, 6.45) is 0.109. The van der Waals surface area contributed by atoms with E-state index >= 15 is 0 Å². The smallest absolute Gasteiger partial charge is 0.244 e. The van der Waals surface area contributed by atoms with Crippen molar-refractivity contribution in [2.24, 2.45) is 0 Å². The highest BCUT2D eigenvalue weighted by atomic mass is 32.2. The Morgan fingerprint density at radius 2 is 1.66 bits per heavy atom. The summed E-state index contributed by atoms with van der Waals surface area (Å²) in [5.41, 5.74) is 1.55. The number of nitrogens with one attached hydrogen (secondary N) is 2. The zero-order valence-corrected chi connectivity index (χ0v) is 17.5. The molecule has 1 amide bonds. The average Bonchev–Trinajstić information content (AvgIpc) is 2.78. The van der Waals surface area contributed by atoms with Crippen LogP contribution in [0.4, 0.5) is 15.8 Å². The molecule has 3 aromatic carbocycles. The molecule has 1 heterocycles. The van der Waals surface area contributed by atoms with E-state index in [1.54, 1.807) is 24.3 Å². The van der Waals surface area contributed by atoms with Gasteiger partial charge in [0.1, 0.15) is 17.5 Å². The lowest BCUT2D eigenvalue weighted by molar-refractivity contribution is -0.990. The van der Waals surface area contributed by atoms with Crippen molar-refractivity contribution >= 4 is 27.3 Å². The lowest BCUT2D eigenvalue weighted by Crippen LogP contribution is -2.99. The van der Waals surface area contributed by atoms with E-state index in [-0.39, 0.29) is 29.2 Å². The van der Waals surface area contributed by atoms with Crippen molar-refractivity contribution in [1.29, 1.82) is 0 Å². The number of fused-ring (bicyclic) bond motifs is 1. The Morgan fingerprint density at radius 3 is 2.34 bits per heavy atom. The highest BCUT2D eigenvalue weighted by molar-refractivity contribution is 7.89. The topological polar surface area (TPSA) is 114 Å². The van der Waals surface area contributed by atoms with Crippen LogP contribution < -0.4 is 10.5 Å². The molecule has 0 saturated heterocycles. The van der Waals surface area contributed by atoms with Crippen LogP contribution in [0.15, 0.2) is 77.7 Å². The zero-order valence-electron chi connectivity index (χ0n) is 16.7. The highest BCUT2D eigenvalue weighted by Crippen LogP contribution is 2.30. The van der Waals surface area contributed by atoms with Crippen molar-refractivity contribution in [1.82, 2.24) is 4.31 Å². The maximum Gasteiger partial charge on any atom is 0.244 e. The van der Waals surface area contributed by atoms with Crippen molar-refractivity contribution < 1.29 is 28.0 Å². The second-order valence-electron chi connectivity index (χ2n) is 7.33. The molecule has 0 fully saturated rings. The van der Waals surface area contributed by atoms with Gasteiger partial charge in [0.2, 0.25) is 15.9 Å². The molecule has 0 spiro atoms. The normalized spacial score (nSPS) is 17.4. The molecule has 10 heteroatoms. The maximum absolute atomic E-state index is 13.4. The number of carbonyl (C=O) groups is 1. The van der Waals surface area contributed by atoms with E-state index in [0.29, 0.717) is 0 Å². The van der Waals surface area contributed by atoms with E-state index in [2.05, 4.69) is 5.32 Å². The fourth-order valence-electron chi connectivity index (χ4n) is 3.71. The predicted molar refractivity (Wildman–Crippen MR) is 114 cm³/mol. The van der Waals surface area contributed by atoms with Crippen LogP contribution in [0.5, 0.6) is 0 Å². The molecule has 32 heavy (non-hydrogen) atoms. The molecule has 166 valence electrons. The van der Waals surface area contributed by atoms with E-state index in [9.17, 15) is 28.0 Å². The first-order valence-electron chi connectivity index (χ1n) is 9.75. The third kappa shape index (κ3) is 4.27. The molecule has 0 aliphatic carbocycles. The van der Waals surface area contributed by atoms with Crippen LogP contribution in [-0.4, -0.2) is 29.9 Å². The molecule has 3 N–H and O–H groups in total. The zero-order chi connectivity index (χ0) is 22.9. The number of amides is 1. The molecule has 1 unspecified atom stereocenters. The lowest BCUT2D eigenvalue weighted by Gasteiger charge is -2.35. The summed E-state index contributed by atoms with van der Waals surface area (Å²) >= 11 is 0. The summed E-state index contributed by atoms with van der Waals surface area (Å²) in [5, 5.41) is 22.2. The van der Waals surface area contributed by atoms with Crippen molar-refractivity contribution in [3.05, 3.63) is 94.9 Å². The van der Waals surface area contributed by atoms with Gasteiger partial charge in [0.15, 0.2) is 5.69 Å². The van der Waals surface area contributed by atoms with Crippen molar-refractivity contribution in [2.45, 2.75) is 23.9 Å². The van der Waals surface area contributed by atoms with Gasteiger partial charge in [-0.05, 0) is 47.9 Å². The quantitative estimate of drug-likeness (QED) is 0.507. The van der Waals surface area contributed by atoms with E-state index in [4.69, 9.17) is 0 Å². The van der Waals surface area contributed by atoms with Gasteiger partial charge in [-0.15, -0.1) is 0 Å². The second kappa shape index (κ2) is 8.77. The molecule has 0 bridgehead atoms. The minimum absolute atomic E-state index is 0.0471. The third-order valence-electron chi connectivity index (χ3n) is 5.34. The van der Waals surface area contributed by atoms with Gasteiger partial charge >= 0.3 is 0 Å². The van der Waals surface area contributed by atoms with Gasteiger partial charge in [-0.25, -0.2) is 18.0 Å². The number of hydrogen-bond donors (Lipinski definition) is 3. The molecule has 4 rings (SSSR count). The van der Waals surface area contributed by atoms with Crippen LogP contribution in [-0.2, 0) is 27.8 Å². The summed E-state index contributed by atoms with van der Waals surface area (Å²) in [7, 11) is -4.14. The first-order valence-corrected chi connectivity index (χ1v) is 11.2. The number of para-hydroxylation sites is 2. The monoisotopic (exact) mass is 457 g/mol. The van der Waals surface area contributed by atoms with Gasteiger partial charge in [-0.1, -0.05) is 36.4 Å². The third-order valence-corrected chi connectivity index (χ3v) is 7.21. The standard InChI is InChI=1S/C22H20FN3O5S/c23-17-9-11-18(12-10-17)32(30,31)25-14-16-6-2-1-5-15(16)13-21(25)22(27)24-19-7-3-4-8-20(19)26(28)29/h1-12,21,26,28H,13-14H2,(H,24,27)/t21-/m0/s1. The minimum atomic E-state index is -4.14. The molecule has 1 aliphatic heterocycles. The first kappa shape index (κ1) is 22.1. The fourth-order valence-corrected chi connectivity index (χ4v) is 5.28. The summed E-state index contributed by atoms with van der Waals surface area (Å²) in [6.45, 7) is -0.0471. The molecule has 2 atom stereocenters. The van der Waals surface area contributed by atoms with E-state index in [1.165, 1.54) is 18.2 Å². The van der Waals surface area contributed by atoms with Crippen LogP contribution in [0.1, 0.15) is 11.1 Å². The molecular formula is C22H20FN3O5S. The van der Waals surface area contributed by atoms with Gasteiger partial charge in [0.05, 0.1) is 4.90 Å². The number of anilines is 1. The highest BCUT2D eigenvalue weighted by Gasteiger charge is 2.40. The summed E-state index contributed by atoms with van der Waals surface area (Å²) < 4.78 is 41.2. The Bertz CT molecular complexity index is 1250. The fraction of sp³-hybridized carbons (Fsp3) is 0.136. The number of carbonyl (C=O) groups excluding carboxylic acids is 1. The molecule has 8 nitrogen and oxygen atoms in total. The van der Waals surface area contributed by atoms with Gasteiger partial charge in [-0.2, -0.15) is 9.53 Å². The Morgan fingerprint density at radius 1 is 1.03 bits per heavy atom. The average molecular weight is 457 g/mol. The van der Waals surface area contributed by atoms with Crippen LogP contribution in [0, 0.1) is 11.0 Å². The second-order valence-corrected chi connectivity index (χ2v) is 9.22. The van der Waals surface area contributed by atoms with Crippen LogP contribution in [0.3, 0.4) is 0 Å². The summed E-state index contributed by atoms with van der Waals surface area (Å²) in [5.74, 6) is -1.23. The van der Waals surface area contributed by atoms with Gasteiger partial charge < -0.3 is 10.5 Å². The van der Waals surface area contributed by atoms with E-state index < -0.39 is 33.0 Å². The van der Waals surface area contributed by atoms with Crippen LogP contribution >= 0.6 is 0 Å². The first-order chi connectivity index (χ1) is 15.3. The lowest BCUT2D eigenvalue weighted by atomic mass is 9.95. The Balaban J connectivity index is 1.72. The number of nitrogens with zero attached hydrogens (tertiary/aromatic N) is 1. The van der Waals surface area contributed by atoms with E-state index in [0.717, 1.165) is 39.7 Å². The molecule has 0 aromatic heterocycles. The maximum atomic E-state index is 13.4. The predicted octanol–water partition coefficient (Wildman–Crippen LogP) is 1.98. The number of sulfonamides is 1. The number of halogens is 1. The van der Waals surface area contributed by atoms with Crippen molar-refractivity contribution in [3.8, 4) is 0 Å². The molecule has 0 radical (unpaired) electrons. The van der Waals surface area contributed by atoms with Crippen molar-refractivity contribution in [3.63, 3.8) is 0 Å². The number of rotatable bonds is 5. The Kier molecular flexibility index (Phi) is 6.04. The molecule has 1 aliphatic rings. The number of quaternary nitrogens is 1. The number of benzene rings is 3. The Hall–Kier alpha value is -3.15.